The molecular weight excluding hydrogens is 252 g/mol. The zero-order valence-electron chi connectivity index (χ0n) is 8.67. The molecule has 18 heavy (non-hydrogen) atoms. The van der Waals surface area contributed by atoms with Crippen LogP contribution in [0.2, 0.25) is 0 Å². The van der Waals surface area contributed by atoms with Gasteiger partial charge in [0.2, 0.25) is 11.8 Å². The number of nitrogens with zero attached hydrogens (tertiary/aromatic N) is 3. The standard InChI is InChI=1S/C8H7F2N5O3/c9-5-1-4(3-12-13-8(11)14-16)7(15(17)18)6(10)2-5/h1-3,16H,(H3,11,13,14)/b12-3+. The second-order valence-electron chi connectivity index (χ2n) is 2.92. The summed E-state index contributed by atoms with van der Waals surface area (Å²) in [7, 11) is 0. The topological polar surface area (TPSA) is 126 Å². The molecule has 8 nitrogen and oxygen atoms in total. The minimum absolute atomic E-state index is 0.377. The van der Waals surface area contributed by atoms with Crippen LogP contribution in [0, 0.1) is 21.7 Å². The van der Waals surface area contributed by atoms with Crippen LogP contribution in [0.3, 0.4) is 0 Å². The second-order valence-corrected chi connectivity index (χ2v) is 2.92. The van der Waals surface area contributed by atoms with Gasteiger partial charge in [0.25, 0.3) is 0 Å². The summed E-state index contributed by atoms with van der Waals surface area (Å²) in [6, 6.07) is 1.09. The number of hydrogen-bond acceptors (Lipinski definition) is 5. The van der Waals surface area contributed by atoms with E-state index >= 15 is 0 Å². The number of nitro groups is 1. The molecule has 0 amide bonds. The third-order valence-electron chi connectivity index (χ3n) is 1.72. The van der Waals surface area contributed by atoms with Crippen molar-refractivity contribution in [1.29, 1.82) is 0 Å². The van der Waals surface area contributed by atoms with Gasteiger partial charge in [0, 0.05) is 6.07 Å². The molecule has 0 fully saturated rings. The van der Waals surface area contributed by atoms with Crippen LogP contribution in [0.15, 0.2) is 22.3 Å². The van der Waals surface area contributed by atoms with Crippen LogP contribution in [0.5, 0.6) is 0 Å². The Bertz CT molecular complexity index is 532. The molecule has 0 saturated heterocycles. The third kappa shape index (κ3) is 3.18. The lowest BCUT2D eigenvalue weighted by molar-refractivity contribution is -0.387. The first-order valence-corrected chi connectivity index (χ1v) is 4.35. The van der Waals surface area contributed by atoms with Crippen molar-refractivity contribution in [3.05, 3.63) is 39.4 Å². The molecule has 0 aliphatic heterocycles. The minimum Gasteiger partial charge on any atom is -0.367 e. The van der Waals surface area contributed by atoms with E-state index in [4.69, 9.17) is 10.9 Å². The van der Waals surface area contributed by atoms with Gasteiger partial charge in [0.1, 0.15) is 5.82 Å². The summed E-state index contributed by atoms with van der Waals surface area (Å²) in [4.78, 5) is 9.56. The van der Waals surface area contributed by atoms with Gasteiger partial charge in [0.15, 0.2) is 0 Å². The van der Waals surface area contributed by atoms with Gasteiger partial charge < -0.3 is 5.73 Å². The monoisotopic (exact) mass is 259 g/mol. The first-order chi connectivity index (χ1) is 8.45. The highest BCUT2D eigenvalue weighted by Crippen LogP contribution is 2.22. The molecule has 0 unspecified atom stereocenters. The van der Waals surface area contributed by atoms with Gasteiger partial charge in [0.05, 0.1) is 16.7 Å². The first-order valence-electron chi connectivity index (χ1n) is 4.35. The summed E-state index contributed by atoms with van der Waals surface area (Å²) in [5, 5.41) is 25.2. The zero-order chi connectivity index (χ0) is 13.7. The molecule has 4 N–H and O–H groups in total. The van der Waals surface area contributed by atoms with Crippen molar-refractivity contribution in [1.82, 2.24) is 5.48 Å². The van der Waals surface area contributed by atoms with E-state index in [2.05, 4.69) is 10.2 Å². The first kappa shape index (κ1) is 13.4. The van der Waals surface area contributed by atoms with Crippen LogP contribution < -0.4 is 11.2 Å². The van der Waals surface area contributed by atoms with Crippen LogP contribution in [0.4, 0.5) is 14.5 Å². The van der Waals surface area contributed by atoms with Crippen LogP contribution in [0.25, 0.3) is 0 Å². The average Bonchev–Trinajstić information content (AvgIpc) is 2.27. The molecule has 0 aromatic heterocycles. The van der Waals surface area contributed by atoms with Gasteiger partial charge in [-0.2, -0.15) is 9.49 Å². The molecule has 0 saturated carbocycles. The Morgan fingerprint density at radius 1 is 1.56 bits per heavy atom. The van der Waals surface area contributed by atoms with Crippen LogP contribution >= 0.6 is 0 Å². The molecular formula is C8H7F2N5O3. The maximum atomic E-state index is 13.2. The number of hydroxylamine groups is 1. The number of hydrogen-bond donors (Lipinski definition) is 3. The van der Waals surface area contributed by atoms with Crippen LogP contribution in [-0.2, 0) is 0 Å². The van der Waals surface area contributed by atoms with Gasteiger partial charge >= 0.3 is 5.69 Å². The number of benzene rings is 1. The Morgan fingerprint density at radius 3 is 2.78 bits per heavy atom. The molecule has 0 spiro atoms. The maximum absolute atomic E-state index is 13.2. The average molecular weight is 259 g/mol. The van der Waals surface area contributed by atoms with E-state index in [1.165, 1.54) is 5.48 Å². The molecule has 0 atom stereocenters. The summed E-state index contributed by atoms with van der Waals surface area (Å²) in [5.74, 6) is -2.83. The molecule has 0 aliphatic rings. The number of guanidine groups is 1. The van der Waals surface area contributed by atoms with E-state index < -0.39 is 33.8 Å². The number of nitrogens with one attached hydrogen (secondary N) is 1. The Labute approximate surface area is 98.5 Å². The lowest BCUT2D eigenvalue weighted by Crippen LogP contribution is -2.27. The van der Waals surface area contributed by atoms with Gasteiger partial charge in [-0.1, -0.05) is 0 Å². The van der Waals surface area contributed by atoms with Crippen LogP contribution in [0.1, 0.15) is 5.56 Å². The summed E-state index contributed by atoms with van der Waals surface area (Å²) in [5.41, 5.74) is 5.07. The molecule has 1 rings (SSSR count). The van der Waals surface area contributed by atoms with Crippen molar-refractivity contribution in [2.24, 2.45) is 15.9 Å². The fourth-order valence-corrected chi connectivity index (χ4v) is 1.05. The van der Waals surface area contributed by atoms with E-state index in [-0.39, 0.29) is 0 Å². The fourth-order valence-electron chi connectivity index (χ4n) is 1.05. The normalized spacial score (nSPS) is 11.8. The van der Waals surface area contributed by atoms with Crippen molar-refractivity contribution in [2.75, 3.05) is 0 Å². The summed E-state index contributed by atoms with van der Waals surface area (Å²) in [6.07, 6.45) is 0.731. The Hall–Kier alpha value is -2.62. The van der Waals surface area contributed by atoms with E-state index in [1.54, 1.807) is 0 Å². The van der Waals surface area contributed by atoms with Gasteiger partial charge in [-0.05, 0) is 6.07 Å². The summed E-state index contributed by atoms with van der Waals surface area (Å²) in [6.45, 7) is 0. The third-order valence-corrected chi connectivity index (χ3v) is 1.72. The largest absolute Gasteiger partial charge is 0.367 e. The van der Waals surface area contributed by atoms with E-state index in [0.717, 1.165) is 6.21 Å². The Morgan fingerprint density at radius 2 is 2.22 bits per heavy atom. The van der Waals surface area contributed by atoms with Crippen LogP contribution in [-0.4, -0.2) is 22.3 Å². The van der Waals surface area contributed by atoms with E-state index in [0.29, 0.717) is 12.1 Å². The number of nitrogens with two attached hydrogens (primary N) is 1. The second kappa shape index (κ2) is 5.63. The molecule has 1 aromatic carbocycles. The maximum Gasteiger partial charge on any atom is 0.313 e. The SMILES string of the molecule is NC(=N/N=C/c1cc(F)cc(F)c1[N+](=O)[O-])NO. The van der Waals surface area contributed by atoms with Gasteiger partial charge in [-0.15, -0.1) is 5.10 Å². The number of nitro benzene ring substituents is 1. The molecule has 0 heterocycles. The highest BCUT2D eigenvalue weighted by molar-refractivity contribution is 5.86. The minimum atomic E-state index is -1.33. The number of rotatable bonds is 3. The molecule has 0 bridgehead atoms. The van der Waals surface area contributed by atoms with Crippen molar-refractivity contribution in [3.8, 4) is 0 Å². The van der Waals surface area contributed by atoms with E-state index in [1.807, 2.05) is 0 Å². The van der Waals surface area contributed by atoms with Crippen molar-refractivity contribution < 1.29 is 18.9 Å². The summed E-state index contributed by atoms with van der Waals surface area (Å²) >= 11 is 0. The molecule has 1 aromatic rings. The van der Waals surface area contributed by atoms with Gasteiger partial charge in [-0.25, -0.2) is 9.87 Å². The predicted octanol–water partition coefficient (Wildman–Crippen LogP) is 0.500. The smallest absolute Gasteiger partial charge is 0.313 e. The van der Waals surface area contributed by atoms with Crippen molar-refractivity contribution >= 4 is 17.9 Å². The van der Waals surface area contributed by atoms with E-state index in [9.17, 15) is 18.9 Å². The molecule has 0 radical (unpaired) electrons. The molecule has 0 aliphatic carbocycles. The van der Waals surface area contributed by atoms with Crippen molar-refractivity contribution in [3.63, 3.8) is 0 Å². The predicted molar refractivity (Wildman–Crippen MR) is 57.2 cm³/mol. The lowest BCUT2D eigenvalue weighted by atomic mass is 10.2. The Balaban J connectivity index is 3.19. The Kier molecular flexibility index (Phi) is 4.21. The highest BCUT2D eigenvalue weighted by Gasteiger charge is 2.20. The fraction of sp³-hybridized carbons (Fsp3) is 0. The summed E-state index contributed by atoms with van der Waals surface area (Å²) < 4.78 is 26.0. The molecule has 96 valence electrons. The lowest BCUT2D eigenvalue weighted by Gasteiger charge is -1.98. The highest BCUT2D eigenvalue weighted by atomic mass is 19.1. The quantitative estimate of drug-likeness (QED) is 0.315. The number of halogens is 2. The molecule has 10 heteroatoms. The van der Waals surface area contributed by atoms with Crippen molar-refractivity contribution in [2.45, 2.75) is 0 Å². The zero-order valence-corrected chi connectivity index (χ0v) is 8.67. The van der Waals surface area contributed by atoms with Gasteiger partial charge in [-0.3, -0.25) is 15.3 Å².